The van der Waals surface area contributed by atoms with Crippen LogP contribution in [0.4, 0.5) is 0 Å². The third-order valence-corrected chi connectivity index (χ3v) is 7.47. The van der Waals surface area contributed by atoms with Gasteiger partial charge in [0.15, 0.2) is 22.5 Å². The molecule has 0 amide bonds. The van der Waals surface area contributed by atoms with Gasteiger partial charge in [-0.3, -0.25) is 4.79 Å². The largest absolute Gasteiger partial charge is 0.507 e. The average molecular weight is 595 g/mol. The first kappa shape index (κ1) is 30.0. The fourth-order valence-electron chi connectivity index (χ4n) is 5.07. The van der Waals surface area contributed by atoms with Crippen LogP contribution in [0, 0.1) is 0 Å². The molecule has 10 N–H and O–H groups in total. The van der Waals surface area contributed by atoms with Crippen LogP contribution < -0.4 is 10.2 Å². The standard InChI is InChI=1S/C27H30O15/c1-8-19(33)21(35)24(38)27(39-8)42-15-6-13(32)17-12(31)5-14(9-2-3-10(29)11(30)4-9)40-25(17)18(15)26-23(37)22(36)20(34)16(7-28)41-26/h2-6,8,16,19-24,26-30,32-38H,7H2,1H3/t8-,16+,19-,20+,21+,22-,23+,24+,26-,27-/m0/s1. The molecular weight excluding hydrogens is 564 g/mol. The molecule has 0 unspecified atom stereocenters. The molecule has 228 valence electrons. The lowest BCUT2D eigenvalue weighted by atomic mass is 9.89. The number of phenolic OH excluding ortho intramolecular Hbond substituents is 3. The van der Waals surface area contributed by atoms with Gasteiger partial charge in [0.25, 0.3) is 0 Å². The Labute approximate surface area is 236 Å². The van der Waals surface area contributed by atoms with Crippen molar-refractivity contribution >= 4 is 11.0 Å². The van der Waals surface area contributed by atoms with Gasteiger partial charge in [0, 0.05) is 17.7 Å². The van der Waals surface area contributed by atoms with E-state index in [1.54, 1.807) is 0 Å². The summed E-state index contributed by atoms with van der Waals surface area (Å²) in [5, 5.41) is 102. The Kier molecular flexibility index (Phi) is 8.06. The fraction of sp³-hybridized carbons (Fsp3) is 0.444. The molecule has 2 fully saturated rings. The molecule has 3 heterocycles. The number of hydrogen-bond acceptors (Lipinski definition) is 15. The minimum Gasteiger partial charge on any atom is -0.507 e. The molecule has 2 aliphatic heterocycles. The zero-order valence-corrected chi connectivity index (χ0v) is 21.9. The first-order valence-corrected chi connectivity index (χ1v) is 12.9. The van der Waals surface area contributed by atoms with Gasteiger partial charge < -0.3 is 69.7 Å². The van der Waals surface area contributed by atoms with E-state index in [1.165, 1.54) is 13.0 Å². The number of phenols is 3. The van der Waals surface area contributed by atoms with E-state index in [2.05, 4.69) is 0 Å². The molecule has 15 nitrogen and oxygen atoms in total. The maximum absolute atomic E-state index is 13.2. The third-order valence-electron chi connectivity index (χ3n) is 7.47. The van der Waals surface area contributed by atoms with E-state index < -0.39 is 107 Å². The van der Waals surface area contributed by atoms with Crippen molar-refractivity contribution in [3.05, 3.63) is 46.1 Å². The summed E-state index contributed by atoms with van der Waals surface area (Å²) in [7, 11) is 0. The second-order valence-electron chi connectivity index (χ2n) is 10.2. The van der Waals surface area contributed by atoms with E-state index in [0.717, 1.165) is 24.3 Å². The van der Waals surface area contributed by atoms with Crippen LogP contribution in [0.5, 0.6) is 23.0 Å². The third kappa shape index (κ3) is 5.04. The molecule has 15 heteroatoms. The van der Waals surface area contributed by atoms with Gasteiger partial charge in [0.05, 0.1) is 18.3 Å². The van der Waals surface area contributed by atoms with E-state index in [4.69, 9.17) is 18.6 Å². The van der Waals surface area contributed by atoms with Gasteiger partial charge in [-0.05, 0) is 25.1 Å². The Bertz CT molecular complexity index is 1520. The number of fused-ring (bicyclic) bond motifs is 1. The minimum absolute atomic E-state index is 0.104. The molecule has 0 bridgehead atoms. The second kappa shape index (κ2) is 11.3. The van der Waals surface area contributed by atoms with Crippen molar-refractivity contribution in [2.24, 2.45) is 0 Å². The molecule has 0 aliphatic carbocycles. The van der Waals surface area contributed by atoms with E-state index in [1.807, 2.05) is 0 Å². The molecule has 2 saturated heterocycles. The van der Waals surface area contributed by atoms with Crippen molar-refractivity contribution in [3.8, 4) is 34.3 Å². The summed E-state index contributed by atoms with van der Waals surface area (Å²) in [5.74, 6) is -2.31. The van der Waals surface area contributed by atoms with Gasteiger partial charge >= 0.3 is 0 Å². The number of aromatic hydroxyl groups is 3. The van der Waals surface area contributed by atoms with Crippen molar-refractivity contribution in [2.75, 3.05) is 6.61 Å². The zero-order chi connectivity index (χ0) is 30.6. The van der Waals surface area contributed by atoms with E-state index in [0.29, 0.717) is 0 Å². The van der Waals surface area contributed by atoms with Crippen LogP contribution in [0.3, 0.4) is 0 Å². The highest BCUT2D eigenvalue weighted by atomic mass is 16.7. The van der Waals surface area contributed by atoms with Crippen LogP contribution in [-0.4, -0.2) is 113 Å². The number of hydrogen-bond donors (Lipinski definition) is 10. The molecule has 2 aromatic carbocycles. The van der Waals surface area contributed by atoms with Crippen LogP contribution in [0.15, 0.2) is 39.5 Å². The number of benzene rings is 2. The summed E-state index contributed by atoms with van der Waals surface area (Å²) in [6, 6.07) is 5.44. The average Bonchev–Trinajstić information content (AvgIpc) is 2.95. The lowest BCUT2D eigenvalue weighted by molar-refractivity contribution is -0.269. The molecule has 5 rings (SSSR count). The molecule has 42 heavy (non-hydrogen) atoms. The summed E-state index contributed by atoms with van der Waals surface area (Å²) >= 11 is 0. The van der Waals surface area contributed by atoms with Crippen molar-refractivity contribution < 1.29 is 69.7 Å². The lowest BCUT2D eigenvalue weighted by Crippen LogP contribution is -2.58. The van der Waals surface area contributed by atoms with E-state index >= 15 is 0 Å². The molecular formula is C27H30O15. The number of aliphatic hydroxyl groups excluding tert-OH is 7. The van der Waals surface area contributed by atoms with E-state index in [-0.39, 0.29) is 16.9 Å². The predicted octanol–water partition coefficient (Wildman–Crippen LogP) is -1.70. The maximum atomic E-state index is 13.2. The Hall–Kier alpha value is -3.51. The summed E-state index contributed by atoms with van der Waals surface area (Å²) in [5.41, 5.74) is -1.49. The van der Waals surface area contributed by atoms with Crippen molar-refractivity contribution in [1.82, 2.24) is 0 Å². The molecule has 10 atom stereocenters. The van der Waals surface area contributed by atoms with E-state index in [9.17, 15) is 55.9 Å². The number of rotatable bonds is 5. The van der Waals surface area contributed by atoms with Crippen molar-refractivity contribution in [3.63, 3.8) is 0 Å². The molecule has 0 radical (unpaired) electrons. The monoisotopic (exact) mass is 594 g/mol. The highest BCUT2D eigenvalue weighted by Gasteiger charge is 2.48. The minimum atomic E-state index is -1.92. The Balaban J connectivity index is 1.75. The fourth-order valence-corrected chi connectivity index (χ4v) is 5.07. The summed E-state index contributed by atoms with van der Waals surface area (Å²) in [6.07, 6.45) is -16.4. The molecule has 3 aromatic rings. The zero-order valence-electron chi connectivity index (χ0n) is 21.9. The quantitative estimate of drug-likeness (QED) is 0.148. The summed E-state index contributed by atoms with van der Waals surface area (Å²) in [4.78, 5) is 13.2. The number of aliphatic hydroxyl groups is 7. The van der Waals surface area contributed by atoms with Crippen molar-refractivity contribution in [2.45, 2.75) is 68.1 Å². The first-order valence-electron chi connectivity index (χ1n) is 12.9. The van der Waals surface area contributed by atoms with Crippen LogP contribution in [-0.2, 0) is 9.47 Å². The van der Waals surface area contributed by atoms with Gasteiger partial charge in [-0.2, -0.15) is 0 Å². The highest BCUT2D eigenvalue weighted by Crippen LogP contribution is 2.45. The first-order chi connectivity index (χ1) is 19.8. The number of ether oxygens (including phenoxy) is 3. The molecule has 0 spiro atoms. The second-order valence-corrected chi connectivity index (χ2v) is 10.2. The smallest absolute Gasteiger partial charge is 0.229 e. The topological polar surface area (TPSA) is 260 Å². The van der Waals surface area contributed by atoms with Gasteiger partial charge in [0.1, 0.15) is 71.5 Å². The Morgan fingerprint density at radius 3 is 2.14 bits per heavy atom. The van der Waals surface area contributed by atoms with Crippen molar-refractivity contribution in [1.29, 1.82) is 0 Å². The van der Waals surface area contributed by atoms with Gasteiger partial charge in [-0.25, -0.2) is 0 Å². The van der Waals surface area contributed by atoms with Gasteiger partial charge in [0.2, 0.25) is 6.29 Å². The predicted molar refractivity (Wildman–Crippen MR) is 139 cm³/mol. The van der Waals surface area contributed by atoms with Crippen LogP contribution in [0.2, 0.25) is 0 Å². The summed E-state index contributed by atoms with van der Waals surface area (Å²) < 4.78 is 22.9. The van der Waals surface area contributed by atoms with Crippen LogP contribution in [0.25, 0.3) is 22.3 Å². The maximum Gasteiger partial charge on any atom is 0.229 e. The normalized spacial score (nSPS) is 33.5. The molecule has 1 aromatic heterocycles. The Morgan fingerprint density at radius 2 is 1.48 bits per heavy atom. The SMILES string of the molecule is C[C@@H]1O[C@@H](Oc2cc(O)c3c(=O)cc(-c4ccc(O)c(O)c4)oc3c2[C@@H]2O[C@H](CO)[C@@H](O)[C@H](O)[C@H]2O)[C@H](O)[C@H](O)[C@H]1O. The van der Waals surface area contributed by atoms with Crippen LogP contribution >= 0.6 is 0 Å². The molecule has 0 saturated carbocycles. The summed E-state index contributed by atoms with van der Waals surface area (Å²) in [6.45, 7) is 0.590. The van der Waals surface area contributed by atoms with Gasteiger partial charge in [-0.15, -0.1) is 0 Å². The lowest BCUT2D eigenvalue weighted by Gasteiger charge is -2.42. The Morgan fingerprint density at radius 1 is 0.786 bits per heavy atom. The van der Waals surface area contributed by atoms with Gasteiger partial charge in [-0.1, -0.05) is 0 Å². The highest BCUT2D eigenvalue weighted by molar-refractivity contribution is 5.90. The van der Waals surface area contributed by atoms with Crippen LogP contribution in [0.1, 0.15) is 18.6 Å². The molecule has 2 aliphatic rings.